The summed E-state index contributed by atoms with van der Waals surface area (Å²) in [6, 6.07) is 22.5. The smallest absolute Gasteiger partial charge is 0.350 e. The molecule has 13 nitrogen and oxygen atoms in total. The summed E-state index contributed by atoms with van der Waals surface area (Å²) < 4.78 is 50.9. The largest absolute Gasteiger partial charge is 0.391 e. The van der Waals surface area contributed by atoms with Crippen LogP contribution in [0.3, 0.4) is 0 Å². The molecule has 6 aromatic rings. The second-order valence-electron chi connectivity index (χ2n) is 13.3. The number of nitrogens with zero attached hydrogens (tertiary/aromatic N) is 10. The van der Waals surface area contributed by atoms with Crippen LogP contribution in [-0.2, 0) is 18.1 Å². The molecule has 54 heavy (non-hydrogen) atoms. The van der Waals surface area contributed by atoms with Crippen molar-refractivity contribution >= 4 is 11.4 Å². The average Bonchev–Trinajstić information content (AvgIpc) is 3.84. The lowest BCUT2D eigenvalue weighted by molar-refractivity contribution is -0.207. The lowest BCUT2D eigenvalue weighted by atomic mass is 9.84. The maximum atomic E-state index is 16.2. The number of hydrogen-bond acceptors (Lipinski definition) is 10. The zero-order valence-corrected chi connectivity index (χ0v) is 29.6. The van der Waals surface area contributed by atoms with E-state index in [1.54, 1.807) is 6.92 Å². The van der Waals surface area contributed by atoms with Crippen LogP contribution in [-0.4, -0.2) is 82.0 Å². The summed E-state index contributed by atoms with van der Waals surface area (Å²) in [5.41, 5.74) is -0.603. The van der Waals surface area contributed by atoms with Crippen LogP contribution < -0.4 is 15.5 Å². The number of anilines is 2. The molecule has 280 valence electrons. The average molecular weight is 741 g/mol. The molecule has 1 saturated heterocycles. The Labute approximate surface area is 308 Å². The number of aliphatic hydroxyl groups excluding tert-OH is 1. The van der Waals surface area contributed by atoms with Gasteiger partial charge in [-0.15, -0.1) is 5.10 Å². The third-order valence-corrected chi connectivity index (χ3v) is 10.0. The number of pyridine rings is 1. The van der Waals surface area contributed by atoms with Gasteiger partial charge >= 0.3 is 11.6 Å². The van der Waals surface area contributed by atoms with Crippen molar-refractivity contribution in [3.05, 3.63) is 131 Å². The first-order valence-corrected chi connectivity index (χ1v) is 17.6. The predicted molar refractivity (Wildman–Crippen MR) is 195 cm³/mol. The number of aliphatic hydroxyl groups is 2. The van der Waals surface area contributed by atoms with Crippen molar-refractivity contribution in [3.63, 3.8) is 0 Å². The van der Waals surface area contributed by atoms with Gasteiger partial charge in [0, 0.05) is 54.9 Å². The van der Waals surface area contributed by atoms with Crippen molar-refractivity contribution in [1.82, 2.24) is 39.5 Å². The molecule has 3 aromatic carbocycles. The van der Waals surface area contributed by atoms with Gasteiger partial charge in [-0.05, 0) is 77.9 Å². The molecule has 2 N–H and O–H groups in total. The van der Waals surface area contributed by atoms with Crippen molar-refractivity contribution in [1.29, 1.82) is 0 Å². The van der Waals surface area contributed by atoms with Gasteiger partial charge < -0.3 is 20.0 Å². The lowest BCUT2D eigenvalue weighted by Gasteiger charge is -2.37. The van der Waals surface area contributed by atoms with E-state index in [2.05, 4.69) is 35.4 Å². The van der Waals surface area contributed by atoms with Crippen LogP contribution in [0.1, 0.15) is 37.6 Å². The molecule has 7 rings (SSSR count). The highest BCUT2D eigenvalue weighted by molar-refractivity contribution is 5.66. The number of rotatable bonds is 12. The first-order chi connectivity index (χ1) is 26.0. The summed E-state index contributed by atoms with van der Waals surface area (Å²) in [7, 11) is 0. The van der Waals surface area contributed by atoms with Crippen LogP contribution in [0.5, 0.6) is 0 Å². The molecule has 0 radical (unpaired) electrons. The normalized spacial score (nSPS) is 15.9. The Bertz CT molecular complexity index is 2220. The molecule has 1 aliphatic rings. The van der Waals surface area contributed by atoms with Crippen LogP contribution in [0.4, 0.5) is 24.5 Å². The molecule has 3 atom stereocenters. The van der Waals surface area contributed by atoms with Gasteiger partial charge in [-0.2, -0.15) is 13.9 Å². The molecule has 3 aromatic heterocycles. The topological polar surface area (TPSA) is 143 Å². The molecular weight excluding hydrogens is 701 g/mol. The standard InChI is InChI=1S/C38H39F3N10O3/c1-3-34(26(2)52)51-36(53)50(25-44-51)31-15-13-30(14-16-31)48-20-18-47(19-21-48)29-11-8-27(9-12-29)28-10-17-35(42-22-28)38(40,41)37(54,23-49-24-43-45-46-49)32-6-4-5-7-33(32)39/h4-17,22,24-26,34,52,54H,3,18-21,23H2,1-2H3/t26-,34-,37?/m0/s1. The van der Waals surface area contributed by atoms with E-state index >= 15 is 8.78 Å². The molecule has 0 bridgehead atoms. The lowest BCUT2D eigenvalue weighted by Crippen LogP contribution is -2.48. The minimum absolute atomic E-state index is 0.298. The fraction of sp³-hybridized carbons (Fsp3) is 0.316. The van der Waals surface area contributed by atoms with E-state index in [-0.39, 0.29) is 5.69 Å². The van der Waals surface area contributed by atoms with Gasteiger partial charge in [0.1, 0.15) is 24.2 Å². The third-order valence-electron chi connectivity index (χ3n) is 10.0. The summed E-state index contributed by atoms with van der Waals surface area (Å²) in [5, 5.41) is 36.2. The third kappa shape index (κ3) is 6.85. The number of hydrogen-bond donors (Lipinski definition) is 2. The Balaban J connectivity index is 1.000. The van der Waals surface area contributed by atoms with Gasteiger partial charge in [-0.25, -0.2) is 23.1 Å². The van der Waals surface area contributed by atoms with Gasteiger partial charge in [0.25, 0.3) is 0 Å². The van der Waals surface area contributed by atoms with Crippen molar-refractivity contribution in [2.75, 3.05) is 36.0 Å². The fourth-order valence-electron chi connectivity index (χ4n) is 6.95. The second-order valence-corrected chi connectivity index (χ2v) is 13.3. The summed E-state index contributed by atoms with van der Waals surface area (Å²) in [6.07, 6.45) is 3.73. The van der Waals surface area contributed by atoms with E-state index in [0.717, 1.165) is 72.3 Å². The second kappa shape index (κ2) is 14.9. The van der Waals surface area contributed by atoms with Gasteiger partial charge in [0.05, 0.1) is 24.4 Å². The predicted octanol–water partition coefficient (Wildman–Crippen LogP) is 4.56. The fourth-order valence-corrected chi connectivity index (χ4v) is 6.95. The number of piperazine rings is 1. The van der Waals surface area contributed by atoms with E-state index in [9.17, 15) is 19.4 Å². The van der Waals surface area contributed by atoms with Gasteiger partial charge in [0.2, 0.25) is 0 Å². The van der Waals surface area contributed by atoms with Crippen LogP contribution in [0.25, 0.3) is 16.8 Å². The molecule has 0 amide bonds. The monoisotopic (exact) mass is 740 g/mol. The van der Waals surface area contributed by atoms with Crippen LogP contribution in [0.2, 0.25) is 0 Å². The first kappa shape index (κ1) is 36.5. The summed E-state index contributed by atoms with van der Waals surface area (Å²) in [6.45, 7) is 5.83. The highest BCUT2D eigenvalue weighted by Crippen LogP contribution is 2.46. The molecular formula is C38H39F3N10O3. The van der Waals surface area contributed by atoms with Crippen molar-refractivity contribution < 1.29 is 23.4 Å². The van der Waals surface area contributed by atoms with E-state index in [1.165, 1.54) is 40.0 Å². The van der Waals surface area contributed by atoms with Crippen molar-refractivity contribution in [3.8, 4) is 16.8 Å². The zero-order chi connectivity index (χ0) is 38.0. The molecule has 4 heterocycles. The van der Waals surface area contributed by atoms with Gasteiger partial charge in [-0.1, -0.05) is 43.3 Å². The van der Waals surface area contributed by atoms with E-state index in [0.29, 0.717) is 17.7 Å². The Morgan fingerprint density at radius 1 is 0.833 bits per heavy atom. The summed E-state index contributed by atoms with van der Waals surface area (Å²) in [5.74, 6) is -5.03. The first-order valence-electron chi connectivity index (χ1n) is 17.6. The number of benzene rings is 3. The Kier molecular flexibility index (Phi) is 10.0. The molecule has 1 unspecified atom stereocenters. The highest BCUT2D eigenvalue weighted by Gasteiger charge is 2.57. The van der Waals surface area contributed by atoms with E-state index in [4.69, 9.17) is 0 Å². The van der Waals surface area contributed by atoms with Gasteiger partial charge in [-0.3, -0.25) is 4.98 Å². The molecule has 0 aliphatic carbocycles. The maximum absolute atomic E-state index is 16.2. The summed E-state index contributed by atoms with van der Waals surface area (Å²) in [4.78, 5) is 21.6. The zero-order valence-electron chi connectivity index (χ0n) is 29.6. The van der Waals surface area contributed by atoms with E-state index in [1.807, 2.05) is 55.5 Å². The van der Waals surface area contributed by atoms with Crippen LogP contribution in [0, 0.1) is 5.82 Å². The number of alkyl halides is 2. The Hall–Kier alpha value is -5.87. The maximum Gasteiger partial charge on any atom is 0.350 e. The molecule has 1 fully saturated rings. The van der Waals surface area contributed by atoms with Gasteiger partial charge in [0.15, 0.2) is 5.60 Å². The quantitative estimate of drug-likeness (QED) is 0.183. The Morgan fingerprint density at radius 2 is 1.44 bits per heavy atom. The number of tetrazole rings is 1. The number of halogens is 3. The minimum Gasteiger partial charge on any atom is -0.391 e. The molecule has 1 aliphatic heterocycles. The van der Waals surface area contributed by atoms with Crippen LogP contribution >= 0.6 is 0 Å². The molecule has 0 saturated carbocycles. The van der Waals surface area contributed by atoms with Crippen molar-refractivity contribution in [2.45, 2.75) is 50.5 Å². The summed E-state index contributed by atoms with van der Waals surface area (Å²) >= 11 is 0. The minimum atomic E-state index is -4.03. The van der Waals surface area contributed by atoms with E-state index < -0.39 is 47.3 Å². The highest BCUT2D eigenvalue weighted by atomic mass is 19.3. The Morgan fingerprint density at radius 3 is 2.00 bits per heavy atom. The van der Waals surface area contributed by atoms with Crippen molar-refractivity contribution in [2.24, 2.45) is 0 Å². The SMILES string of the molecule is CC[C@@H]([C@H](C)O)n1ncn(-c2ccc(N3CCN(c4ccc(-c5ccc(C(F)(F)C(O)(Cn6cnnn6)c6ccccc6F)nc5)cc4)CC3)cc2)c1=O. The number of aromatic nitrogens is 8. The molecule has 16 heteroatoms. The molecule has 0 spiro atoms. The van der Waals surface area contributed by atoms with Crippen LogP contribution in [0.15, 0.2) is 109 Å².